The minimum absolute atomic E-state index is 0.181. The van der Waals surface area contributed by atoms with Crippen molar-refractivity contribution in [2.45, 2.75) is 18.4 Å². The van der Waals surface area contributed by atoms with Crippen molar-refractivity contribution in [2.24, 2.45) is 5.92 Å². The minimum atomic E-state index is -0.181. The van der Waals surface area contributed by atoms with Crippen molar-refractivity contribution in [2.75, 3.05) is 5.32 Å². The van der Waals surface area contributed by atoms with Crippen LogP contribution in [-0.4, -0.2) is 0 Å². The van der Waals surface area contributed by atoms with Crippen LogP contribution in [0.4, 0.5) is 10.1 Å². The highest BCUT2D eigenvalue weighted by Gasteiger charge is 2.37. The van der Waals surface area contributed by atoms with Crippen LogP contribution < -0.4 is 5.32 Å². The number of anilines is 1. The fraction of sp³-hybridized carbons (Fsp3) is 0.222. The molecule has 0 saturated heterocycles. The molecule has 3 heteroatoms. The number of halogens is 2. The Morgan fingerprint density at radius 2 is 1.90 bits per heavy atom. The standard InChI is InChI=1S/C18H15BrFN/c19-12-6-9-17-16(10-12)14-2-1-3-15(14)18(21-17)11-4-7-13(20)8-5-11/h1-2,4-10,14-15,18,21H,3H2/t14-,15+,18-/m0/s1. The summed E-state index contributed by atoms with van der Waals surface area (Å²) in [6, 6.07) is 13.5. The second kappa shape index (κ2) is 4.99. The van der Waals surface area contributed by atoms with Crippen molar-refractivity contribution in [3.63, 3.8) is 0 Å². The van der Waals surface area contributed by atoms with Crippen molar-refractivity contribution in [1.29, 1.82) is 0 Å². The first-order valence-corrected chi connectivity index (χ1v) is 8.00. The van der Waals surface area contributed by atoms with Crippen LogP contribution in [0.3, 0.4) is 0 Å². The lowest BCUT2D eigenvalue weighted by atomic mass is 9.77. The molecule has 2 aromatic carbocycles. The van der Waals surface area contributed by atoms with Gasteiger partial charge in [0, 0.05) is 16.1 Å². The van der Waals surface area contributed by atoms with Crippen molar-refractivity contribution < 1.29 is 4.39 Å². The van der Waals surface area contributed by atoms with E-state index in [0.29, 0.717) is 11.8 Å². The maximum Gasteiger partial charge on any atom is 0.123 e. The smallest absolute Gasteiger partial charge is 0.123 e. The zero-order valence-corrected chi connectivity index (χ0v) is 13.0. The number of rotatable bonds is 1. The van der Waals surface area contributed by atoms with E-state index >= 15 is 0 Å². The van der Waals surface area contributed by atoms with Crippen LogP contribution in [0.5, 0.6) is 0 Å². The number of fused-ring (bicyclic) bond motifs is 3. The van der Waals surface area contributed by atoms with Gasteiger partial charge >= 0.3 is 0 Å². The molecule has 4 rings (SSSR count). The summed E-state index contributed by atoms with van der Waals surface area (Å²) in [6.07, 6.45) is 5.64. The van der Waals surface area contributed by atoms with Crippen LogP contribution in [0.15, 0.2) is 59.1 Å². The topological polar surface area (TPSA) is 12.0 Å². The van der Waals surface area contributed by atoms with Gasteiger partial charge in [-0.2, -0.15) is 0 Å². The molecule has 0 aromatic heterocycles. The van der Waals surface area contributed by atoms with Crippen molar-refractivity contribution in [1.82, 2.24) is 0 Å². The number of allylic oxidation sites excluding steroid dienone is 2. The summed E-state index contributed by atoms with van der Waals surface area (Å²) in [6.45, 7) is 0. The Morgan fingerprint density at radius 1 is 1.10 bits per heavy atom. The van der Waals surface area contributed by atoms with Crippen LogP contribution in [0.1, 0.15) is 29.5 Å². The molecule has 0 saturated carbocycles. The van der Waals surface area contributed by atoms with Gasteiger partial charge in [0.1, 0.15) is 5.82 Å². The fourth-order valence-corrected chi connectivity index (χ4v) is 3.94. The summed E-state index contributed by atoms with van der Waals surface area (Å²) >= 11 is 3.56. The van der Waals surface area contributed by atoms with Gasteiger partial charge < -0.3 is 5.32 Å². The molecular weight excluding hydrogens is 329 g/mol. The molecule has 21 heavy (non-hydrogen) atoms. The molecule has 1 heterocycles. The molecule has 0 fully saturated rings. The van der Waals surface area contributed by atoms with E-state index in [-0.39, 0.29) is 11.9 Å². The molecule has 1 N–H and O–H groups in total. The van der Waals surface area contributed by atoms with Gasteiger partial charge in [0.2, 0.25) is 0 Å². The number of nitrogens with one attached hydrogen (secondary N) is 1. The molecule has 2 aromatic rings. The van der Waals surface area contributed by atoms with Crippen LogP contribution in [-0.2, 0) is 0 Å². The van der Waals surface area contributed by atoms with E-state index in [1.807, 2.05) is 12.1 Å². The van der Waals surface area contributed by atoms with E-state index in [2.05, 4.69) is 51.6 Å². The van der Waals surface area contributed by atoms with Crippen LogP contribution in [0, 0.1) is 11.7 Å². The second-order valence-corrected chi connectivity index (χ2v) is 6.67. The van der Waals surface area contributed by atoms with E-state index in [0.717, 1.165) is 16.5 Å². The third-order valence-corrected chi connectivity index (χ3v) is 5.05. The second-order valence-electron chi connectivity index (χ2n) is 5.76. The largest absolute Gasteiger partial charge is 0.378 e. The van der Waals surface area contributed by atoms with Gasteiger partial charge in [0.15, 0.2) is 0 Å². The Bertz CT molecular complexity index is 708. The Balaban J connectivity index is 1.78. The summed E-state index contributed by atoms with van der Waals surface area (Å²) in [4.78, 5) is 0. The molecule has 0 unspecified atom stereocenters. The molecule has 0 amide bonds. The normalized spacial score (nSPS) is 26.1. The monoisotopic (exact) mass is 343 g/mol. The highest BCUT2D eigenvalue weighted by Crippen LogP contribution is 2.50. The third kappa shape index (κ3) is 2.20. The highest BCUT2D eigenvalue weighted by molar-refractivity contribution is 9.10. The average molecular weight is 344 g/mol. The predicted octanol–water partition coefficient (Wildman–Crippen LogP) is 5.41. The minimum Gasteiger partial charge on any atom is -0.378 e. The first-order valence-electron chi connectivity index (χ1n) is 7.20. The summed E-state index contributed by atoms with van der Waals surface area (Å²) in [5.41, 5.74) is 3.69. The van der Waals surface area contributed by atoms with Crippen molar-refractivity contribution in [3.05, 3.63) is 76.0 Å². The van der Waals surface area contributed by atoms with Gasteiger partial charge in [0.05, 0.1) is 6.04 Å². The van der Waals surface area contributed by atoms with Gasteiger partial charge in [0.25, 0.3) is 0 Å². The quantitative estimate of drug-likeness (QED) is 0.682. The van der Waals surface area contributed by atoms with Crippen LogP contribution >= 0.6 is 15.9 Å². The Labute approximate surface area is 132 Å². The van der Waals surface area contributed by atoms with Crippen LogP contribution in [0.2, 0.25) is 0 Å². The van der Waals surface area contributed by atoms with E-state index in [4.69, 9.17) is 0 Å². The van der Waals surface area contributed by atoms with Gasteiger partial charge in [-0.1, -0.05) is 40.2 Å². The molecular formula is C18H15BrFN. The van der Waals surface area contributed by atoms with Crippen molar-refractivity contribution in [3.8, 4) is 0 Å². The first kappa shape index (κ1) is 13.1. The number of benzene rings is 2. The van der Waals surface area contributed by atoms with Gasteiger partial charge in [-0.25, -0.2) is 4.39 Å². The maximum absolute atomic E-state index is 13.2. The SMILES string of the molecule is Fc1ccc([C@@H]2Nc3ccc(Br)cc3[C@H]3C=CC[C@H]32)cc1. The molecule has 0 spiro atoms. The predicted molar refractivity (Wildman–Crippen MR) is 86.9 cm³/mol. The van der Waals surface area contributed by atoms with E-state index in [1.54, 1.807) is 12.1 Å². The fourth-order valence-electron chi connectivity index (χ4n) is 3.57. The first-order chi connectivity index (χ1) is 10.2. The van der Waals surface area contributed by atoms with Crippen molar-refractivity contribution >= 4 is 21.6 Å². The zero-order chi connectivity index (χ0) is 14.4. The van der Waals surface area contributed by atoms with Gasteiger partial charge in [-0.3, -0.25) is 0 Å². The lowest BCUT2D eigenvalue weighted by Gasteiger charge is -2.37. The van der Waals surface area contributed by atoms with Gasteiger partial charge in [-0.05, 0) is 53.8 Å². The molecule has 0 radical (unpaired) electrons. The number of hydrogen-bond acceptors (Lipinski definition) is 1. The van der Waals surface area contributed by atoms with Gasteiger partial charge in [-0.15, -0.1) is 0 Å². The Hall–Kier alpha value is -1.61. The Kier molecular flexibility index (Phi) is 3.11. The number of hydrogen-bond donors (Lipinski definition) is 1. The molecule has 1 nitrogen and oxygen atoms in total. The molecule has 1 aliphatic heterocycles. The zero-order valence-electron chi connectivity index (χ0n) is 11.4. The molecule has 2 aliphatic rings. The lowest BCUT2D eigenvalue weighted by Crippen LogP contribution is -2.29. The van der Waals surface area contributed by atoms with Crippen LogP contribution in [0.25, 0.3) is 0 Å². The summed E-state index contributed by atoms with van der Waals surface area (Å²) < 4.78 is 14.3. The molecule has 106 valence electrons. The summed E-state index contributed by atoms with van der Waals surface area (Å²) in [5.74, 6) is 0.756. The van der Waals surface area contributed by atoms with E-state index < -0.39 is 0 Å². The Morgan fingerprint density at radius 3 is 2.71 bits per heavy atom. The maximum atomic E-state index is 13.2. The highest BCUT2D eigenvalue weighted by atomic mass is 79.9. The molecule has 1 aliphatic carbocycles. The summed E-state index contributed by atoms with van der Waals surface area (Å²) in [5, 5.41) is 3.65. The third-order valence-electron chi connectivity index (χ3n) is 4.55. The average Bonchev–Trinajstić information content (AvgIpc) is 2.97. The van der Waals surface area contributed by atoms with E-state index in [9.17, 15) is 4.39 Å². The van der Waals surface area contributed by atoms with E-state index in [1.165, 1.54) is 11.3 Å². The molecule has 0 bridgehead atoms. The molecule has 3 atom stereocenters. The lowest BCUT2D eigenvalue weighted by molar-refractivity contribution is 0.425. The summed E-state index contributed by atoms with van der Waals surface area (Å²) in [7, 11) is 0.